The molecule has 1 aliphatic carbocycles. The molecular formula is C48H35N3OS. The molecule has 0 saturated heterocycles. The molecule has 0 fully saturated rings. The minimum Gasteiger partial charge on any atom is -0.456 e. The second kappa shape index (κ2) is 11.5. The van der Waals surface area contributed by atoms with Crippen LogP contribution in [0.3, 0.4) is 0 Å². The fraction of sp³-hybridized carbons (Fsp3) is 0.104. The lowest BCUT2D eigenvalue weighted by atomic mass is 9.82. The van der Waals surface area contributed by atoms with Gasteiger partial charge in [-0.2, -0.15) is 0 Å². The van der Waals surface area contributed by atoms with Crippen LogP contribution >= 0.6 is 11.3 Å². The predicted molar refractivity (Wildman–Crippen MR) is 221 cm³/mol. The van der Waals surface area contributed by atoms with Crippen molar-refractivity contribution in [1.82, 2.24) is 10.6 Å². The molecule has 0 spiro atoms. The normalized spacial score (nSPS) is 17.6. The largest absolute Gasteiger partial charge is 0.456 e. The maximum atomic E-state index is 6.37. The minimum atomic E-state index is -0.270. The van der Waals surface area contributed by atoms with Crippen molar-refractivity contribution in [2.45, 2.75) is 31.6 Å². The van der Waals surface area contributed by atoms with E-state index in [1.54, 1.807) is 0 Å². The van der Waals surface area contributed by atoms with E-state index in [0.717, 1.165) is 38.9 Å². The number of furan rings is 1. The van der Waals surface area contributed by atoms with Gasteiger partial charge in [0.05, 0.1) is 0 Å². The van der Waals surface area contributed by atoms with E-state index in [1.165, 1.54) is 59.1 Å². The number of nitrogens with one attached hydrogen (secondary N) is 2. The topological polar surface area (TPSA) is 49.6 Å². The van der Waals surface area contributed by atoms with Crippen LogP contribution in [0.25, 0.3) is 64.4 Å². The van der Waals surface area contributed by atoms with E-state index < -0.39 is 0 Å². The molecule has 5 heteroatoms. The van der Waals surface area contributed by atoms with Gasteiger partial charge in [-0.3, -0.25) is 5.32 Å². The molecule has 9 aromatic rings. The summed E-state index contributed by atoms with van der Waals surface area (Å²) in [5.74, 6) is 0.884. The fourth-order valence-electron chi connectivity index (χ4n) is 8.66. The van der Waals surface area contributed by atoms with Crippen molar-refractivity contribution >= 4 is 59.3 Å². The number of aliphatic imine (C=N–C) groups is 1. The van der Waals surface area contributed by atoms with Gasteiger partial charge in [0, 0.05) is 47.5 Å². The highest BCUT2D eigenvalue weighted by molar-refractivity contribution is 7.26. The monoisotopic (exact) mass is 701 g/mol. The summed E-state index contributed by atoms with van der Waals surface area (Å²) in [4.78, 5) is 5.47. The van der Waals surface area contributed by atoms with Crippen molar-refractivity contribution in [1.29, 1.82) is 0 Å². The molecule has 3 heterocycles. The van der Waals surface area contributed by atoms with Crippen LogP contribution in [0, 0.1) is 0 Å². The van der Waals surface area contributed by atoms with Crippen molar-refractivity contribution in [2.75, 3.05) is 0 Å². The number of nitrogens with zero attached hydrogens (tertiary/aromatic N) is 1. The molecule has 0 radical (unpaired) electrons. The van der Waals surface area contributed by atoms with Crippen molar-refractivity contribution in [2.24, 2.45) is 4.99 Å². The Morgan fingerprint density at radius 3 is 2.23 bits per heavy atom. The van der Waals surface area contributed by atoms with Crippen LogP contribution in [0.15, 0.2) is 161 Å². The van der Waals surface area contributed by atoms with Gasteiger partial charge >= 0.3 is 0 Å². The highest BCUT2D eigenvalue weighted by Gasteiger charge is 2.36. The van der Waals surface area contributed by atoms with Gasteiger partial charge in [-0.1, -0.05) is 129 Å². The smallest absolute Gasteiger partial charge is 0.135 e. The van der Waals surface area contributed by atoms with E-state index in [1.807, 2.05) is 11.3 Å². The number of hydrogen-bond donors (Lipinski definition) is 2. The molecule has 53 heavy (non-hydrogen) atoms. The summed E-state index contributed by atoms with van der Waals surface area (Å²) in [5, 5.41) is 12.6. The average Bonchev–Trinajstić information content (AvgIpc) is 3.85. The Balaban J connectivity index is 1.06. The van der Waals surface area contributed by atoms with Gasteiger partial charge < -0.3 is 9.73 Å². The number of thiophene rings is 1. The molecule has 0 bridgehead atoms. The maximum absolute atomic E-state index is 6.37. The third kappa shape index (κ3) is 4.74. The number of amidine groups is 1. The molecule has 2 atom stereocenters. The zero-order valence-electron chi connectivity index (χ0n) is 29.4. The molecule has 0 amide bonds. The van der Waals surface area contributed by atoms with E-state index in [9.17, 15) is 0 Å². The zero-order valence-corrected chi connectivity index (χ0v) is 30.2. The van der Waals surface area contributed by atoms with Gasteiger partial charge in [0.1, 0.15) is 29.3 Å². The number of rotatable bonds is 4. The summed E-state index contributed by atoms with van der Waals surface area (Å²) in [6, 6.07) is 54.6. The second-order valence-corrected chi connectivity index (χ2v) is 15.9. The summed E-state index contributed by atoms with van der Waals surface area (Å²) in [5.41, 5.74) is 12.8. The summed E-state index contributed by atoms with van der Waals surface area (Å²) in [6.07, 6.45) is -0.477. The first-order valence-electron chi connectivity index (χ1n) is 18.3. The first kappa shape index (κ1) is 30.6. The van der Waals surface area contributed by atoms with E-state index in [-0.39, 0.29) is 17.7 Å². The van der Waals surface area contributed by atoms with Crippen LogP contribution in [0.4, 0.5) is 0 Å². The van der Waals surface area contributed by atoms with Crippen molar-refractivity contribution in [3.8, 4) is 22.3 Å². The molecular weight excluding hydrogens is 667 g/mol. The Hall–Kier alpha value is -6.01. The van der Waals surface area contributed by atoms with Gasteiger partial charge in [-0.15, -0.1) is 11.3 Å². The highest BCUT2D eigenvalue weighted by atomic mass is 32.1. The van der Waals surface area contributed by atoms with Crippen LogP contribution in [-0.4, -0.2) is 5.84 Å². The second-order valence-electron chi connectivity index (χ2n) is 14.8. The number of benzene rings is 7. The Bertz CT molecular complexity index is 2950. The first-order chi connectivity index (χ1) is 26.0. The lowest BCUT2D eigenvalue weighted by molar-refractivity contribution is 0.411. The molecule has 254 valence electrons. The SMILES string of the molecule is CC1(C)c2ccccc2-c2ccc(C3=NC(c4cccc5c4sc4ccccc45)NC(c4ccc5oc6ccc(-c7ccccc7)cc6c5c4)N3)cc21. The Kier molecular flexibility index (Phi) is 6.64. The molecule has 4 nitrogen and oxygen atoms in total. The van der Waals surface area contributed by atoms with Crippen LogP contribution in [0.5, 0.6) is 0 Å². The third-order valence-electron chi connectivity index (χ3n) is 11.4. The number of hydrogen-bond acceptors (Lipinski definition) is 5. The van der Waals surface area contributed by atoms with Crippen molar-refractivity contribution < 1.29 is 4.42 Å². The molecule has 0 saturated carbocycles. The van der Waals surface area contributed by atoms with Gasteiger partial charge in [0.25, 0.3) is 0 Å². The molecule has 2 unspecified atom stereocenters. The Labute approximate surface area is 311 Å². The zero-order chi connectivity index (χ0) is 35.3. The minimum absolute atomic E-state index is 0.108. The molecule has 2 aromatic heterocycles. The lowest BCUT2D eigenvalue weighted by Crippen LogP contribution is -2.45. The standard InChI is InChI=1S/C48H35N3OS/c1-48(2)39-17-8-6-13-32(39)33-22-19-31(27-40(33)48)46-49-45(50-47(51-46)36-16-10-15-35-34-14-7-9-18-43(34)53-44(35)36)30-21-24-42-38(26-30)37-25-29(20-23-41(37)52-42)28-11-4-3-5-12-28/h3-27,45,47,50H,1-2H3,(H,49,51). The molecule has 1 aliphatic heterocycles. The summed E-state index contributed by atoms with van der Waals surface area (Å²) in [7, 11) is 0. The van der Waals surface area contributed by atoms with E-state index in [0.29, 0.717) is 0 Å². The fourth-order valence-corrected chi connectivity index (χ4v) is 9.90. The highest BCUT2D eigenvalue weighted by Crippen LogP contribution is 2.49. The van der Waals surface area contributed by atoms with E-state index in [2.05, 4.69) is 176 Å². The number of fused-ring (bicyclic) bond motifs is 9. The maximum Gasteiger partial charge on any atom is 0.135 e. The lowest BCUT2D eigenvalue weighted by Gasteiger charge is -2.33. The van der Waals surface area contributed by atoms with Gasteiger partial charge in [-0.25, -0.2) is 4.99 Å². The predicted octanol–water partition coefficient (Wildman–Crippen LogP) is 12.3. The molecule has 2 aliphatic rings. The molecule has 7 aromatic carbocycles. The average molecular weight is 702 g/mol. The third-order valence-corrected chi connectivity index (χ3v) is 12.6. The van der Waals surface area contributed by atoms with Gasteiger partial charge in [-0.05, 0) is 75.3 Å². The molecule has 2 N–H and O–H groups in total. The van der Waals surface area contributed by atoms with Gasteiger partial charge in [0.15, 0.2) is 0 Å². The summed E-state index contributed by atoms with van der Waals surface area (Å²) >= 11 is 1.85. The Morgan fingerprint density at radius 1 is 0.585 bits per heavy atom. The molecule has 11 rings (SSSR count). The Morgan fingerprint density at radius 2 is 1.32 bits per heavy atom. The first-order valence-corrected chi connectivity index (χ1v) is 19.1. The van der Waals surface area contributed by atoms with Crippen LogP contribution in [0.1, 0.15) is 54.0 Å². The quantitative estimate of drug-likeness (QED) is 0.192. The van der Waals surface area contributed by atoms with Crippen LogP contribution in [-0.2, 0) is 5.41 Å². The summed E-state index contributed by atoms with van der Waals surface area (Å²) in [6.45, 7) is 4.67. The van der Waals surface area contributed by atoms with Gasteiger partial charge in [0.2, 0.25) is 0 Å². The van der Waals surface area contributed by atoms with Crippen molar-refractivity contribution in [3.63, 3.8) is 0 Å². The van der Waals surface area contributed by atoms with E-state index >= 15 is 0 Å². The van der Waals surface area contributed by atoms with Crippen molar-refractivity contribution in [3.05, 3.63) is 179 Å². The van der Waals surface area contributed by atoms with E-state index in [4.69, 9.17) is 9.41 Å². The van der Waals surface area contributed by atoms with Crippen LogP contribution in [0.2, 0.25) is 0 Å². The summed E-state index contributed by atoms with van der Waals surface area (Å²) < 4.78 is 8.93. The van der Waals surface area contributed by atoms with Crippen LogP contribution < -0.4 is 10.6 Å².